The van der Waals surface area contributed by atoms with Gasteiger partial charge in [0, 0.05) is 4.83 Å². The molecule has 0 aliphatic carbocycles. The van der Waals surface area contributed by atoms with E-state index in [4.69, 9.17) is 0 Å². The second kappa shape index (κ2) is 7.48. The third-order valence-corrected chi connectivity index (χ3v) is 2.84. The molecule has 0 nitrogen and oxygen atoms in total. The van der Waals surface area contributed by atoms with Gasteiger partial charge in [-0.1, -0.05) is 29.8 Å². The maximum absolute atomic E-state index is 3.58. The van der Waals surface area contributed by atoms with Crippen molar-refractivity contribution < 1.29 is 0 Å². The summed E-state index contributed by atoms with van der Waals surface area (Å²) in [4.78, 5) is 0.687. The molecule has 0 radical (unpaired) electrons. The Bertz CT molecular complexity index is 83.6. The van der Waals surface area contributed by atoms with E-state index in [9.17, 15) is 0 Å². The van der Waals surface area contributed by atoms with Crippen LogP contribution in [-0.2, 0) is 0 Å². The van der Waals surface area contributed by atoms with Gasteiger partial charge in [-0.2, -0.15) is 11.8 Å². The van der Waals surface area contributed by atoms with Crippen LogP contribution in [0.5, 0.6) is 0 Å². The zero-order valence-electron chi connectivity index (χ0n) is 7.77. The Balaban J connectivity index is 3.15. The molecule has 0 spiro atoms. The van der Waals surface area contributed by atoms with E-state index in [1.807, 2.05) is 11.8 Å². The topological polar surface area (TPSA) is 0 Å². The maximum atomic E-state index is 3.58. The summed E-state index contributed by atoms with van der Waals surface area (Å²) >= 11 is 5.53. The van der Waals surface area contributed by atoms with E-state index in [1.165, 1.54) is 25.0 Å². The molecule has 68 valence electrons. The van der Waals surface area contributed by atoms with E-state index in [1.54, 1.807) is 0 Å². The third kappa shape index (κ3) is 8.74. The summed E-state index contributed by atoms with van der Waals surface area (Å²) in [6.07, 6.45) is 6.25. The summed E-state index contributed by atoms with van der Waals surface area (Å²) in [5, 5.41) is 0. The highest BCUT2D eigenvalue weighted by molar-refractivity contribution is 9.09. The molecule has 0 fully saturated rings. The lowest BCUT2D eigenvalue weighted by Crippen LogP contribution is -2.01. The number of hydrogen-bond donors (Lipinski definition) is 0. The lowest BCUT2D eigenvalue weighted by atomic mass is 10.0. The third-order valence-electron chi connectivity index (χ3n) is 1.77. The van der Waals surface area contributed by atoms with Crippen molar-refractivity contribution >= 4 is 27.7 Å². The van der Waals surface area contributed by atoms with Crippen molar-refractivity contribution in [1.82, 2.24) is 0 Å². The molecule has 11 heavy (non-hydrogen) atoms. The van der Waals surface area contributed by atoms with Gasteiger partial charge in [0.25, 0.3) is 0 Å². The molecule has 0 rings (SSSR count). The second-order valence-corrected chi connectivity index (χ2v) is 5.81. The van der Waals surface area contributed by atoms with E-state index in [-0.39, 0.29) is 0 Å². The Morgan fingerprint density at radius 2 is 2.00 bits per heavy atom. The van der Waals surface area contributed by atoms with E-state index in [0.29, 0.717) is 4.83 Å². The molecule has 0 saturated carbocycles. The molecule has 0 amide bonds. The average Bonchev–Trinajstić information content (AvgIpc) is 1.86. The molecule has 0 saturated heterocycles. The normalized spacial score (nSPS) is 16.4. The molecule has 0 heterocycles. The number of halogens is 1. The van der Waals surface area contributed by atoms with Crippen LogP contribution in [0.15, 0.2) is 0 Å². The fraction of sp³-hybridized carbons (Fsp3) is 1.00. The Morgan fingerprint density at radius 1 is 1.36 bits per heavy atom. The molecule has 0 aromatic carbocycles. The van der Waals surface area contributed by atoms with E-state index in [0.717, 1.165) is 5.92 Å². The van der Waals surface area contributed by atoms with Crippen LogP contribution in [-0.4, -0.2) is 16.8 Å². The summed E-state index contributed by atoms with van der Waals surface area (Å²) in [6.45, 7) is 4.57. The second-order valence-electron chi connectivity index (χ2n) is 3.26. The van der Waals surface area contributed by atoms with Crippen LogP contribution in [0.2, 0.25) is 0 Å². The summed E-state index contributed by atoms with van der Waals surface area (Å²) in [7, 11) is 0. The standard InChI is InChI=1S/C9H19BrS/c1-8(7-9(2)10)5-4-6-11-3/h8-9H,4-7H2,1-3H3. The van der Waals surface area contributed by atoms with E-state index < -0.39 is 0 Å². The Hall–Kier alpha value is 0.830. The lowest BCUT2D eigenvalue weighted by Gasteiger charge is -2.11. The van der Waals surface area contributed by atoms with Crippen LogP contribution in [0.4, 0.5) is 0 Å². The minimum Gasteiger partial charge on any atom is -0.165 e. The van der Waals surface area contributed by atoms with Gasteiger partial charge in [-0.3, -0.25) is 0 Å². The van der Waals surface area contributed by atoms with Gasteiger partial charge >= 0.3 is 0 Å². The van der Waals surface area contributed by atoms with Gasteiger partial charge in [0.1, 0.15) is 0 Å². The monoisotopic (exact) mass is 238 g/mol. The van der Waals surface area contributed by atoms with E-state index >= 15 is 0 Å². The molecule has 2 heteroatoms. The predicted molar refractivity (Wildman–Crippen MR) is 59.8 cm³/mol. The number of rotatable bonds is 6. The average molecular weight is 239 g/mol. The first-order chi connectivity index (χ1) is 5.16. The van der Waals surface area contributed by atoms with Gasteiger partial charge < -0.3 is 0 Å². The van der Waals surface area contributed by atoms with Crippen molar-refractivity contribution in [2.75, 3.05) is 12.0 Å². The minimum absolute atomic E-state index is 0.687. The van der Waals surface area contributed by atoms with Gasteiger partial charge in [-0.25, -0.2) is 0 Å². The van der Waals surface area contributed by atoms with Gasteiger partial charge in [0.15, 0.2) is 0 Å². The zero-order valence-corrected chi connectivity index (χ0v) is 10.2. The zero-order chi connectivity index (χ0) is 8.69. The molecular weight excluding hydrogens is 220 g/mol. The molecule has 2 atom stereocenters. The minimum atomic E-state index is 0.687. The number of alkyl halides is 1. The first-order valence-corrected chi connectivity index (χ1v) is 6.60. The van der Waals surface area contributed by atoms with Crippen LogP contribution >= 0.6 is 27.7 Å². The van der Waals surface area contributed by atoms with Crippen LogP contribution < -0.4 is 0 Å². The summed E-state index contributed by atoms with van der Waals surface area (Å²) in [6, 6.07) is 0. The van der Waals surface area contributed by atoms with Gasteiger partial charge in [-0.15, -0.1) is 0 Å². The molecule has 0 bridgehead atoms. The lowest BCUT2D eigenvalue weighted by molar-refractivity contribution is 0.490. The molecular formula is C9H19BrS. The van der Waals surface area contributed by atoms with Gasteiger partial charge in [0.05, 0.1) is 0 Å². The van der Waals surface area contributed by atoms with Gasteiger partial charge in [0.2, 0.25) is 0 Å². The highest BCUT2D eigenvalue weighted by Crippen LogP contribution is 2.17. The summed E-state index contributed by atoms with van der Waals surface area (Å²) in [5.41, 5.74) is 0. The fourth-order valence-electron chi connectivity index (χ4n) is 1.25. The van der Waals surface area contributed by atoms with Crippen LogP contribution in [0.3, 0.4) is 0 Å². The molecule has 2 unspecified atom stereocenters. The van der Waals surface area contributed by atoms with Crippen molar-refractivity contribution in [3.63, 3.8) is 0 Å². The largest absolute Gasteiger partial charge is 0.165 e. The van der Waals surface area contributed by atoms with Gasteiger partial charge in [-0.05, 0) is 37.2 Å². The van der Waals surface area contributed by atoms with Crippen molar-refractivity contribution in [3.05, 3.63) is 0 Å². The molecule has 0 aromatic rings. The smallest absolute Gasteiger partial charge is 0.0120 e. The van der Waals surface area contributed by atoms with Crippen LogP contribution in [0, 0.1) is 5.92 Å². The first-order valence-electron chi connectivity index (χ1n) is 4.29. The summed E-state index contributed by atoms with van der Waals surface area (Å²) in [5.74, 6) is 2.21. The van der Waals surface area contributed by atoms with Crippen molar-refractivity contribution in [3.8, 4) is 0 Å². The van der Waals surface area contributed by atoms with Crippen molar-refractivity contribution in [1.29, 1.82) is 0 Å². The Labute approximate surface area is 83.6 Å². The number of thioether (sulfide) groups is 1. The molecule has 0 aromatic heterocycles. The molecule has 0 aliphatic heterocycles. The van der Waals surface area contributed by atoms with Crippen LogP contribution in [0.1, 0.15) is 33.1 Å². The highest BCUT2D eigenvalue weighted by atomic mass is 79.9. The quantitative estimate of drug-likeness (QED) is 0.499. The van der Waals surface area contributed by atoms with Crippen molar-refractivity contribution in [2.24, 2.45) is 5.92 Å². The highest BCUT2D eigenvalue weighted by Gasteiger charge is 2.04. The van der Waals surface area contributed by atoms with Crippen molar-refractivity contribution in [2.45, 2.75) is 37.9 Å². The number of hydrogen-bond acceptors (Lipinski definition) is 1. The Kier molecular flexibility index (Phi) is 8.04. The molecule has 0 aliphatic rings. The molecule has 0 N–H and O–H groups in total. The summed E-state index contributed by atoms with van der Waals surface area (Å²) < 4.78 is 0. The van der Waals surface area contributed by atoms with E-state index in [2.05, 4.69) is 36.0 Å². The van der Waals surface area contributed by atoms with Crippen LogP contribution in [0.25, 0.3) is 0 Å². The SMILES string of the molecule is CSCCCC(C)CC(C)Br. The maximum Gasteiger partial charge on any atom is 0.0120 e. The predicted octanol–water partition coefficient (Wildman–Crippen LogP) is 3.94. The first kappa shape index (κ1) is 11.8. The fourth-order valence-corrected chi connectivity index (χ4v) is 2.34. The Morgan fingerprint density at radius 3 is 2.45 bits per heavy atom.